The highest BCUT2D eigenvalue weighted by atomic mass is 16.5. The quantitative estimate of drug-likeness (QED) is 0.120. The number of hydrogen-bond donors (Lipinski definition) is 0. The lowest BCUT2D eigenvalue weighted by Gasteiger charge is -2.52. The van der Waals surface area contributed by atoms with Crippen molar-refractivity contribution < 1.29 is 18.9 Å². The van der Waals surface area contributed by atoms with Gasteiger partial charge in [-0.25, -0.2) is 0 Å². The first-order chi connectivity index (χ1) is 28.5. The molecule has 4 bridgehead atoms. The van der Waals surface area contributed by atoms with Crippen LogP contribution in [-0.4, -0.2) is 82.4 Å². The highest BCUT2D eigenvalue weighted by molar-refractivity contribution is 5.91. The van der Waals surface area contributed by atoms with Gasteiger partial charge < -0.3 is 18.9 Å². The number of benzene rings is 3. The molecule has 12 rings (SSSR count). The first-order valence-electron chi connectivity index (χ1n) is 21.5. The molecule has 6 saturated heterocycles. The summed E-state index contributed by atoms with van der Waals surface area (Å²) >= 11 is 0. The van der Waals surface area contributed by atoms with Gasteiger partial charge in [-0.15, -0.1) is 10.2 Å². The van der Waals surface area contributed by atoms with E-state index in [0.29, 0.717) is 35.4 Å². The zero-order valence-electron chi connectivity index (χ0n) is 34.1. The molecule has 300 valence electrons. The predicted octanol–water partition coefficient (Wildman–Crippen LogP) is 9.22. The molecule has 3 aromatic heterocycles. The molecule has 6 aromatic rings. The van der Waals surface area contributed by atoms with Gasteiger partial charge in [-0.05, 0) is 123 Å². The minimum atomic E-state index is -0.300. The fourth-order valence-corrected chi connectivity index (χ4v) is 11.1. The van der Waals surface area contributed by atoms with E-state index in [2.05, 4.69) is 72.2 Å². The molecular formula is C48H54N6O4. The van der Waals surface area contributed by atoms with E-state index < -0.39 is 0 Å². The molecule has 3 aromatic carbocycles. The van der Waals surface area contributed by atoms with Gasteiger partial charge in [-0.3, -0.25) is 19.8 Å². The van der Waals surface area contributed by atoms with Crippen molar-refractivity contribution in [2.24, 2.45) is 23.7 Å². The maximum atomic E-state index is 7.30. The molecule has 6 aliphatic rings. The molecule has 6 aliphatic heterocycles. The van der Waals surface area contributed by atoms with Crippen molar-refractivity contribution >= 4 is 32.6 Å². The molecule has 6 fully saturated rings. The predicted molar refractivity (Wildman–Crippen MR) is 227 cm³/mol. The van der Waals surface area contributed by atoms with Crippen molar-refractivity contribution in [1.29, 1.82) is 0 Å². The highest BCUT2D eigenvalue weighted by Gasteiger charge is 2.46. The van der Waals surface area contributed by atoms with Crippen LogP contribution in [0.25, 0.3) is 32.6 Å². The average Bonchev–Trinajstić information content (AvgIpc) is 3.29. The van der Waals surface area contributed by atoms with Crippen molar-refractivity contribution in [2.45, 2.75) is 76.7 Å². The van der Waals surface area contributed by atoms with E-state index in [0.717, 1.165) is 94.2 Å². The number of nitrogens with zero attached hydrogens (tertiary/aromatic N) is 6. The maximum Gasteiger partial charge on any atom is 0.242 e. The Morgan fingerprint density at radius 2 is 1.07 bits per heavy atom. The Kier molecular flexibility index (Phi) is 10.0. The van der Waals surface area contributed by atoms with E-state index in [1.54, 1.807) is 14.2 Å². The van der Waals surface area contributed by atoms with Crippen molar-refractivity contribution in [3.8, 4) is 23.3 Å². The van der Waals surface area contributed by atoms with Crippen molar-refractivity contribution in [1.82, 2.24) is 30.0 Å². The van der Waals surface area contributed by atoms with E-state index in [4.69, 9.17) is 39.1 Å². The van der Waals surface area contributed by atoms with Gasteiger partial charge in [0.25, 0.3) is 0 Å². The van der Waals surface area contributed by atoms with Crippen LogP contribution in [0.4, 0.5) is 0 Å². The lowest BCUT2D eigenvalue weighted by molar-refractivity contribution is -0.0505. The minimum absolute atomic E-state index is 0.180. The fraction of sp³-hybridized carbons (Fsp3) is 0.458. The SMILES string of the molecule is CCC1CN2CC[C@@H]1CC2C(Oc1nnc(OC(c2ccnc3ccc(OC)cc23)C2C[C@H]3CCN2CC3CC)c2ccccc12)c1ccnc2ccc(OC)cc12. The Labute approximate surface area is 340 Å². The molecule has 10 heteroatoms. The Hall–Kier alpha value is -5.06. The largest absolute Gasteiger partial charge is 0.497 e. The summed E-state index contributed by atoms with van der Waals surface area (Å²) in [6.45, 7) is 9.00. The maximum absolute atomic E-state index is 7.30. The summed E-state index contributed by atoms with van der Waals surface area (Å²) in [7, 11) is 3.42. The standard InChI is InChI=1S/C48H54N6O4/c1-5-29-27-53-21-17-31(29)23-43(53)45(35-15-19-49-41-13-11-33(55-3)25-39(35)41)57-47-37-9-7-8-10-38(37)48(52-51-47)58-46(44-24-32-18-22-54(44)28-30(32)6-2)36-16-20-50-42-14-12-34(56-4)26-40(36)42/h7-16,19-20,25-26,29-32,43-46H,5-6,17-18,21-24,27-28H2,1-4H3/t29?,30?,31-,32-,43?,44?,45?,46?/m1/s1. The monoisotopic (exact) mass is 778 g/mol. The van der Waals surface area contributed by atoms with Gasteiger partial charge in [0.2, 0.25) is 11.8 Å². The van der Waals surface area contributed by atoms with Gasteiger partial charge in [0.15, 0.2) is 0 Å². The Morgan fingerprint density at radius 3 is 1.47 bits per heavy atom. The van der Waals surface area contributed by atoms with Crippen LogP contribution in [0, 0.1) is 23.7 Å². The molecule has 0 amide bonds. The smallest absolute Gasteiger partial charge is 0.242 e. The van der Waals surface area contributed by atoms with Crippen LogP contribution in [-0.2, 0) is 0 Å². The summed E-state index contributed by atoms with van der Waals surface area (Å²) in [5, 5.41) is 13.7. The van der Waals surface area contributed by atoms with E-state index in [-0.39, 0.29) is 24.3 Å². The third-order valence-corrected chi connectivity index (χ3v) is 14.3. The molecule has 8 unspecified atom stereocenters. The zero-order valence-corrected chi connectivity index (χ0v) is 34.1. The lowest BCUT2D eigenvalue weighted by atomic mass is 9.72. The van der Waals surface area contributed by atoms with Crippen LogP contribution < -0.4 is 18.9 Å². The molecular weight excluding hydrogens is 725 g/mol. The third kappa shape index (κ3) is 6.58. The Bertz CT molecular complexity index is 2280. The molecule has 58 heavy (non-hydrogen) atoms. The second-order valence-corrected chi connectivity index (χ2v) is 17.0. The second-order valence-electron chi connectivity index (χ2n) is 17.0. The van der Waals surface area contributed by atoms with Gasteiger partial charge in [0.05, 0.1) is 48.1 Å². The summed E-state index contributed by atoms with van der Waals surface area (Å²) in [5.41, 5.74) is 4.01. The summed E-state index contributed by atoms with van der Waals surface area (Å²) < 4.78 is 26.0. The topological polar surface area (TPSA) is 95.0 Å². The average molecular weight is 779 g/mol. The first kappa shape index (κ1) is 37.2. The number of aromatic nitrogens is 4. The van der Waals surface area contributed by atoms with Crippen LogP contribution in [0.15, 0.2) is 85.2 Å². The number of rotatable bonds is 12. The van der Waals surface area contributed by atoms with Gasteiger partial charge in [-0.2, -0.15) is 0 Å². The molecule has 10 nitrogen and oxygen atoms in total. The van der Waals surface area contributed by atoms with Crippen LogP contribution >= 0.6 is 0 Å². The lowest BCUT2D eigenvalue weighted by Crippen LogP contribution is -2.56. The van der Waals surface area contributed by atoms with Crippen LogP contribution in [0.1, 0.15) is 75.7 Å². The molecule has 10 atom stereocenters. The number of pyridine rings is 2. The summed E-state index contributed by atoms with van der Waals surface area (Å²) in [5.74, 6) is 5.39. The van der Waals surface area contributed by atoms with Crippen LogP contribution in [0.2, 0.25) is 0 Å². The molecule has 0 N–H and O–H groups in total. The van der Waals surface area contributed by atoms with E-state index in [9.17, 15) is 0 Å². The number of methoxy groups -OCH3 is 2. The van der Waals surface area contributed by atoms with Crippen molar-refractivity contribution in [3.05, 3.63) is 96.3 Å². The van der Waals surface area contributed by atoms with Crippen LogP contribution in [0.5, 0.6) is 23.3 Å². The first-order valence-corrected chi connectivity index (χ1v) is 21.5. The molecule has 9 heterocycles. The Balaban J connectivity index is 1.06. The zero-order chi connectivity index (χ0) is 39.3. The number of fused-ring (bicyclic) bond motifs is 9. The third-order valence-electron chi connectivity index (χ3n) is 14.3. The molecule has 0 spiro atoms. The number of hydrogen-bond acceptors (Lipinski definition) is 10. The van der Waals surface area contributed by atoms with Gasteiger partial charge >= 0.3 is 0 Å². The number of ether oxygens (including phenoxy) is 4. The highest BCUT2D eigenvalue weighted by Crippen LogP contribution is 2.47. The van der Waals surface area contributed by atoms with Gasteiger partial charge in [0, 0.05) is 47.4 Å². The number of piperidine rings is 6. The van der Waals surface area contributed by atoms with Gasteiger partial charge in [-0.1, -0.05) is 38.8 Å². The summed E-state index contributed by atoms with van der Waals surface area (Å²) in [4.78, 5) is 14.8. The van der Waals surface area contributed by atoms with Crippen molar-refractivity contribution in [2.75, 3.05) is 40.4 Å². The molecule has 0 saturated carbocycles. The summed E-state index contributed by atoms with van der Waals surface area (Å²) in [6.07, 6.45) is 10.2. The summed E-state index contributed by atoms with van der Waals surface area (Å²) in [6, 6.07) is 25.1. The van der Waals surface area contributed by atoms with Crippen molar-refractivity contribution in [3.63, 3.8) is 0 Å². The normalized spacial score (nSPS) is 27.4. The second kappa shape index (κ2) is 15.6. The van der Waals surface area contributed by atoms with Crippen LogP contribution in [0.3, 0.4) is 0 Å². The van der Waals surface area contributed by atoms with E-state index >= 15 is 0 Å². The van der Waals surface area contributed by atoms with Gasteiger partial charge in [0.1, 0.15) is 23.7 Å². The molecule has 0 aliphatic carbocycles. The Morgan fingerprint density at radius 1 is 0.603 bits per heavy atom. The fourth-order valence-electron chi connectivity index (χ4n) is 11.1. The van der Waals surface area contributed by atoms with E-state index in [1.807, 2.05) is 36.7 Å². The van der Waals surface area contributed by atoms with E-state index in [1.165, 1.54) is 25.7 Å². The molecule has 0 radical (unpaired) electrons. The minimum Gasteiger partial charge on any atom is -0.497 e.